The summed E-state index contributed by atoms with van der Waals surface area (Å²) < 4.78 is 11.8. The minimum Gasteiger partial charge on any atom is -0.497 e. The van der Waals surface area contributed by atoms with Crippen molar-refractivity contribution in [1.29, 1.82) is 0 Å². The number of rotatable bonds is 5. The molecule has 132 valence electrons. The molecule has 1 N–H and O–H groups in total. The van der Waals surface area contributed by atoms with Crippen molar-refractivity contribution in [1.82, 2.24) is 9.97 Å². The Bertz CT molecular complexity index is 1100. The Morgan fingerprint density at radius 3 is 2.96 bits per heavy atom. The van der Waals surface area contributed by atoms with Crippen molar-refractivity contribution in [2.75, 3.05) is 18.2 Å². The second kappa shape index (κ2) is 6.97. The highest BCUT2D eigenvalue weighted by molar-refractivity contribution is 7.99. The summed E-state index contributed by atoms with van der Waals surface area (Å²) in [4.78, 5) is 21.0. The van der Waals surface area contributed by atoms with Crippen molar-refractivity contribution in [3.8, 4) is 5.75 Å². The van der Waals surface area contributed by atoms with Crippen molar-refractivity contribution >= 4 is 55.5 Å². The molecule has 6 nitrogen and oxygen atoms in total. The number of carbonyl (C=O) groups excluding carboxylic acids is 1. The number of ether oxygens (including phenoxy) is 1. The lowest BCUT2D eigenvalue weighted by Crippen LogP contribution is -2.13. The molecule has 26 heavy (non-hydrogen) atoms. The molecular formula is C18H15N3O3S2. The van der Waals surface area contributed by atoms with E-state index in [2.05, 4.69) is 15.3 Å². The van der Waals surface area contributed by atoms with Gasteiger partial charge in [0.25, 0.3) is 5.22 Å². The van der Waals surface area contributed by atoms with E-state index in [1.165, 1.54) is 23.1 Å². The number of aromatic nitrogens is 2. The van der Waals surface area contributed by atoms with E-state index in [0.29, 0.717) is 10.4 Å². The highest BCUT2D eigenvalue weighted by Gasteiger charge is 2.12. The van der Waals surface area contributed by atoms with Crippen LogP contribution in [-0.4, -0.2) is 28.7 Å². The van der Waals surface area contributed by atoms with Crippen LogP contribution in [-0.2, 0) is 4.79 Å². The predicted octanol–water partition coefficient (Wildman–Crippen LogP) is 4.49. The summed E-state index contributed by atoms with van der Waals surface area (Å²) in [6.07, 6.45) is 0. The Hall–Kier alpha value is -2.58. The van der Waals surface area contributed by atoms with Gasteiger partial charge in [0, 0.05) is 6.07 Å². The molecule has 0 aliphatic rings. The highest BCUT2D eigenvalue weighted by atomic mass is 32.2. The van der Waals surface area contributed by atoms with Gasteiger partial charge < -0.3 is 14.5 Å². The number of amides is 1. The van der Waals surface area contributed by atoms with E-state index >= 15 is 0 Å². The minimum atomic E-state index is -0.153. The van der Waals surface area contributed by atoms with E-state index in [1.807, 2.05) is 43.3 Å². The maximum Gasteiger partial charge on any atom is 0.257 e. The smallest absolute Gasteiger partial charge is 0.257 e. The number of aryl methyl sites for hydroxylation is 1. The number of carbonyl (C=O) groups is 1. The zero-order chi connectivity index (χ0) is 18.1. The Morgan fingerprint density at radius 1 is 1.23 bits per heavy atom. The van der Waals surface area contributed by atoms with E-state index in [4.69, 9.17) is 9.15 Å². The summed E-state index contributed by atoms with van der Waals surface area (Å²) >= 11 is 2.68. The lowest BCUT2D eigenvalue weighted by molar-refractivity contribution is -0.113. The number of methoxy groups -OCH3 is 1. The van der Waals surface area contributed by atoms with E-state index in [9.17, 15) is 4.79 Å². The van der Waals surface area contributed by atoms with Crippen molar-refractivity contribution in [2.45, 2.75) is 12.1 Å². The Balaban J connectivity index is 1.41. The van der Waals surface area contributed by atoms with Gasteiger partial charge in [-0.3, -0.25) is 4.79 Å². The van der Waals surface area contributed by atoms with Crippen LogP contribution in [0, 0.1) is 6.92 Å². The lowest BCUT2D eigenvalue weighted by Gasteiger charge is -1.98. The van der Waals surface area contributed by atoms with Crippen molar-refractivity contribution < 1.29 is 13.9 Å². The first-order valence-electron chi connectivity index (χ1n) is 7.85. The maximum absolute atomic E-state index is 12.2. The van der Waals surface area contributed by atoms with E-state index in [-0.39, 0.29) is 11.7 Å². The SMILES string of the molecule is COc1ccc2sc(NC(=O)CSc3nc4cc(C)ccc4o3)nc2c1. The molecule has 1 amide bonds. The second-order valence-corrected chi connectivity index (χ2v) is 7.60. The molecule has 0 fully saturated rings. The summed E-state index contributed by atoms with van der Waals surface area (Å²) in [6.45, 7) is 2.00. The molecular weight excluding hydrogens is 370 g/mol. The molecule has 0 saturated carbocycles. The third kappa shape index (κ3) is 3.51. The van der Waals surface area contributed by atoms with Gasteiger partial charge in [-0.15, -0.1) is 0 Å². The molecule has 0 atom stereocenters. The molecule has 0 unspecified atom stereocenters. The van der Waals surface area contributed by atoms with Gasteiger partial charge in [0.05, 0.1) is 23.1 Å². The van der Waals surface area contributed by atoms with Crippen LogP contribution in [0.15, 0.2) is 46.0 Å². The van der Waals surface area contributed by atoms with E-state index in [1.54, 1.807) is 7.11 Å². The Morgan fingerprint density at radius 2 is 2.12 bits per heavy atom. The zero-order valence-corrected chi connectivity index (χ0v) is 15.7. The fourth-order valence-electron chi connectivity index (χ4n) is 2.45. The number of nitrogens with one attached hydrogen (secondary N) is 1. The predicted molar refractivity (Wildman–Crippen MR) is 104 cm³/mol. The molecule has 4 rings (SSSR count). The minimum absolute atomic E-state index is 0.153. The molecule has 0 saturated heterocycles. The number of nitrogens with zero attached hydrogens (tertiary/aromatic N) is 2. The van der Waals surface area contributed by atoms with Gasteiger partial charge in [0.15, 0.2) is 10.7 Å². The summed E-state index contributed by atoms with van der Waals surface area (Å²) in [6, 6.07) is 11.5. The van der Waals surface area contributed by atoms with Crippen molar-refractivity contribution in [3.05, 3.63) is 42.0 Å². The van der Waals surface area contributed by atoms with Crippen LogP contribution in [0.1, 0.15) is 5.56 Å². The summed E-state index contributed by atoms with van der Waals surface area (Å²) in [7, 11) is 1.61. The molecule has 4 aromatic rings. The fourth-order valence-corrected chi connectivity index (χ4v) is 3.95. The number of thiazole rings is 1. The Labute approximate surface area is 157 Å². The average Bonchev–Trinajstić information content (AvgIpc) is 3.21. The topological polar surface area (TPSA) is 77.2 Å². The number of benzene rings is 2. The molecule has 2 heterocycles. The average molecular weight is 385 g/mol. The summed E-state index contributed by atoms with van der Waals surface area (Å²) in [5, 5.41) is 3.86. The molecule has 2 aromatic heterocycles. The van der Waals surface area contributed by atoms with Gasteiger partial charge in [0.1, 0.15) is 11.3 Å². The van der Waals surface area contributed by atoms with Crippen LogP contribution in [0.25, 0.3) is 21.3 Å². The normalized spacial score (nSPS) is 11.2. The largest absolute Gasteiger partial charge is 0.497 e. The van der Waals surface area contributed by atoms with Crippen LogP contribution in [0.2, 0.25) is 0 Å². The van der Waals surface area contributed by atoms with E-state index in [0.717, 1.165) is 32.6 Å². The third-order valence-corrected chi connectivity index (χ3v) is 5.47. The van der Waals surface area contributed by atoms with Crippen molar-refractivity contribution in [3.63, 3.8) is 0 Å². The van der Waals surface area contributed by atoms with Crippen molar-refractivity contribution in [2.24, 2.45) is 0 Å². The molecule has 0 spiro atoms. The molecule has 0 aliphatic heterocycles. The van der Waals surface area contributed by atoms with Gasteiger partial charge in [-0.1, -0.05) is 29.2 Å². The Kier molecular flexibility index (Phi) is 4.52. The lowest BCUT2D eigenvalue weighted by atomic mass is 10.2. The van der Waals surface area contributed by atoms with Crippen LogP contribution in [0.3, 0.4) is 0 Å². The summed E-state index contributed by atoms with van der Waals surface area (Å²) in [5.41, 5.74) is 3.44. The maximum atomic E-state index is 12.2. The van der Waals surface area contributed by atoms with Crippen LogP contribution < -0.4 is 10.1 Å². The van der Waals surface area contributed by atoms with Gasteiger partial charge in [-0.25, -0.2) is 9.97 Å². The quantitative estimate of drug-likeness (QED) is 0.510. The number of anilines is 1. The third-order valence-electron chi connectivity index (χ3n) is 3.69. The second-order valence-electron chi connectivity index (χ2n) is 5.64. The van der Waals surface area contributed by atoms with Gasteiger partial charge in [-0.05, 0) is 36.8 Å². The first kappa shape index (κ1) is 16.9. The molecule has 0 aliphatic carbocycles. The zero-order valence-electron chi connectivity index (χ0n) is 14.1. The highest BCUT2D eigenvalue weighted by Crippen LogP contribution is 2.29. The molecule has 0 radical (unpaired) electrons. The number of hydrogen-bond acceptors (Lipinski definition) is 7. The fraction of sp³-hybridized carbons (Fsp3) is 0.167. The number of thioether (sulfide) groups is 1. The van der Waals surface area contributed by atoms with Gasteiger partial charge in [-0.2, -0.15) is 0 Å². The first-order chi connectivity index (χ1) is 12.6. The van der Waals surface area contributed by atoms with Gasteiger partial charge >= 0.3 is 0 Å². The van der Waals surface area contributed by atoms with Gasteiger partial charge in [0.2, 0.25) is 5.91 Å². The number of oxazole rings is 1. The summed E-state index contributed by atoms with van der Waals surface area (Å²) in [5.74, 6) is 0.785. The van der Waals surface area contributed by atoms with Crippen LogP contribution in [0.4, 0.5) is 5.13 Å². The standard InChI is InChI=1S/C18H15N3O3S2/c1-10-3-5-14-12(7-10)20-18(24-14)25-9-16(22)21-17-19-13-8-11(23-2)4-6-15(13)26-17/h3-8H,9H2,1-2H3,(H,19,21,22). The molecule has 0 bridgehead atoms. The van der Waals surface area contributed by atoms with Crippen LogP contribution >= 0.6 is 23.1 Å². The van der Waals surface area contributed by atoms with E-state index < -0.39 is 0 Å². The molecule has 2 aromatic carbocycles. The first-order valence-corrected chi connectivity index (χ1v) is 9.65. The monoisotopic (exact) mass is 385 g/mol. The molecule has 8 heteroatoms. The van der Waals surface area contributed by atoms with Crippen LogP contribution in [0.5, 0.6) is 5.75 Å². The number of hydrogen-bond donors (Lipinski definition) is 1. The number of fused-ring (bicyclic) bond motifs is 2.